The second-order valence-corrected chi connectivity index (χ2v) is 5.77. The summed E-state index contributed by atoms with van der Waals surface area (Å²) in [6.45, 7) is 1.99. The van der Waals surface area contributed by atoms with Crippen molar-refractivity contribution < 1.29 is 24.0 Å². The molecule has 138 valence electrons. The molecule has 0 aliphatic rings. The zero-order valence-corrected chi connectivity index (χ0v) is 15.4. The maximum absolute atomic E-state index is 12.3. The van der Waals surface area contributed by atoms with Crippen LogP contribution in [0.1, 0.15) is 27.8 Å². The summed E-state index contributed by atoms with van der Waals surface area (Å²) in [7, 11) is 1.33. The Kier molecular flexibility index (Phi) is 6.17. The fourth-order valence-corrected chi connectivity index (χ4v) is 2.40. The maximum Gasteiger partial charge on any atom is 0.286 e. The van der Waals surface area contributed by atoms with E-state index in [9.17, 15) is 19.7 Å². The lowest BCUT2D eigenvalue weighted by atomic mass is 10.1. The number of benzene rings is 1. The average Bonchev–Trinajstić information content (AvgIpc) is 3.05. The molecule has 26 heavy (non-hydrogen) atoms. The van der Waals surface area contributed by atoms with Gasteiger partial charge in [-0.25, -0.2) is 0 Å². The number of aromatic nitrogens is 1. The van der Waals surface area contributed by atoms with E-state index in [-0.39, 0.29) is 29.4 Å². The maximum atomic E-state index is 12.3. The van der Waals surface area contributed by atoms with E-state index in [0.29, 0.717) is 4.47 Å². The van der Waals surface area contributed by atoms with Gasteiger partial charge in [-0.3, -0.25) is 30.6 Å². The first kappa shape index (κ1) is 19.2. The van der Waals surface area contributed by atoms with Gasteiger partial charge in [-0.05, 0) is 28.9 Å². The molecule has 0 aliphatic carbocycles. The summed E-state index contributed by atoms with van der Waals surface area (Å²) < 4.78 is 11.0. The predicted octanol–water partition coefficient (Wildman–Crippen LogP) is 2.17. The van der Waals surface area contributed by atoms with Gasteiger partial charge in [0.2, 0.25) is 0 Å². The van der Waals surface area contributed by atoms with Crippen LogP contribution in [0.2, 0.25) is 0 Å². The van der Waals surface area contributed by atoms with Gasteiger partial charge in [0, 0.05) is 16.7 Å². The summed E-state index contributed by atoms with van der Waals surface area (Å²) in [5.74, 6) is -1.20. The smallest absolute Gasteiger partial charge is 0.286 e. The van der Waals surface area contributed by atoms with Crippen molar-refractivity contribution in [3.8, 4) is 11.5 Å². The van der Waals surface area contributed by atoms with Crippen molar-refractivity contribution in [3.63, 3.8) is 0 Å². The lowest BCUT2D eigenvalue weighted by molar-refractivity contribution is -0.385. The van der Waals surface area contributed by atoms with Gasteiger partial charge in [0.05, 0.1) is 24.7 Å². The Labute approximate surface area is 156 Å². The van der Waals surface area contributed by atoms with Gasteiger partial charge >= 0.3 is 0 Å². The highest BCUT2D eigenvalue weighted by molar-refractivity contribution is 9.10. The van der Waals surface area contributed by atoms with Gasteiger partial charge in [0.25, 0.3) is 17.5 Å². The summed E-state index contributed by atoms with van der Waals surface area (Å²) in [6, 6.07) is 3.78. The minimum absolute atomic E-state index is 0.121. The number of halogens is 1. The standard InChI is InChI=1S/C15H15BrN4O6/c1-3-26-13-5-9(11(20(23)24)6-12(13)25-2)14(21)18-19-15(22)10-4-8(16)7-17-10/h4-7,17H,3H2,1-2H3,(H,18,21)(H,19,22). The van der Waals surface area contributed by atoms with E-state index in [1.54, 1.807) is 13.1 Å². The first-order valence-electron chi connectivity index (χ1n) is 7.31. The van der Waals surface area contributed by atoms with E-state index in [1.807, 2.05) is 0 Å². The number of ether oxygens (including phenoxy) is 2. The minimum Gasteiger partial charge on any atom is -0.493 e. The van der Waals surface area contributed by atoms with Crippen LogP contribution < -0.4 is 20.3 Å². The monoisotopic (exact) mass is 426 g/mol. The lowest BCUT2D eigenvalue weighted by Crippen LogP contribution is -2.42. The molecule has 2 amide bonds. The molecule has 0 radical (unpaired) electrons. The van der Waals surface area contributed by atoms with Crippen LogP contribution in [0.3, 0.4) is 0 Å². The third-order valence-corrected chi connectivity index (χ3v) is 3.66. The second-order valence-electron chi connectivity index (χ2n) is 4.85. The van der Waals surface area contributed by atoms with Crippen LogP contribution in [-0.4, -0.2) is 35.4 Å². The zero-order valence-electron chi connectivity index (χ0n) is 13.8. The van der Waals surface area contributed by atoms with Gasteiger partial charge in [0.1, 0.15) is 11.3 Å². The quantitative estimate of drug-likeness (QED) is 0.478. The van der Waals surface area contributed by atoms with Crippen LogP contribution in [0.15, 0.2) is 28.9 Å². The molecule has 1 aromatic heterocycles. The molecule has 11 heteroatoms. The highest BCUT2D eigenvalue weighted by atomic mass is 79.9. The fourth-order valence-electron chi connectivity index (χ4n) is 2.06. The summed E-state index contributed by atoms with van der Waals surface area (Å²) >= 11 is 3.18. The van der Waals surface area contributed by atoms with E-state index in [4.69, 9.17) is 9.47 Å². The third kappa shape index (κ3) is 4.30. The largest absolute Gasteiger partial charge is 0.493 e. The van der Waals surface area contributed by atoms with Crippen LogP contribution in [0, 0.1) is 10.1 Å². The molecule has 10 nitrogen and oxygen atoms in total. The van der Waals surface area contributed by atoms with Gasteiger partial charge in [0.15, 0.2) is 11.5 Å². The van der Waals surface area contributed by atoms with Crippen molar-refractivity contribution in [3.05, 3.63) is 50.2 Å². The Bertz CT molecular complexity index is 851. The van der Waals surface area contributed by atoms with Crippen molar-refractivity contribution in [2.75, 3.05) is 13.7 Å². The van der Waals surface area contributed by atoms with Crippen LogP contribution in [0.25, 0.3) is 0 Å². The van der Waals surface area contributed by atoms with Crippen LogP contribution >= 0.6 is 15.9 Å². The second kappa shape index (κ2) is 8.34. The van der Waals surface area contributed by atoms with Crippen molar-refractivity contribution in [2.24, 2.45) is 0 Å². The molecular formula is C15H15BrN4O6. The number of nitrogens with one attached hydrogen (secondary N) is 3. The number of hydrogen-bond acceptors (Lipinski definition) is 6. The molecule has 0 atom stereocenters. The number of nitrogens with zero attached hydrogens (tertiary/aromatic N) is 1. The molecule has 0 saturated carbocycles. The van der Waals surface area contributed by atoms with Crippen LogP contribution in [-0.2, 0) is 0 Å². The van der Waals surface area contributed by atoms with Gasteiger partial charge in [-0.2, -0.15) is 0 Å². The van der Waals surface area contributed by atoms with Crippen molar-refractivity contribution in [1.29, 1.82) is 0 Å². The van der Waals surface area contributed by atoms with E-state index in [1.165, 1.54) is 19.2 Å². The predicted molar refractivity (Wildman–Crippen MR) is 94.2 cm³/mol. The minimum atomic E-state index is -0.876. The number of H-pyrrole nitrogens is 1. The third-order valence-electron chi connectivity index (χ3n) is 3.21. The lowest BCUT2D eigenvalue weighted by Gasteiger charge is -2.12. The van der Waals surface area contributed by atoms with Gasteiger partial charge in [-0.15, -0.1) is 0 Å². The normalized spacial score (nSPS) is 10.1. The molecule has 0 unspecified atom stereocenters. The molecule has 0 saturated heterocycles. The van der Waals surface area contributed by atoms with E-state index in [0.717, 1.165) is 6.07 Å². The number of carbonyl (C=O) groups excluding carboxylic acids is 2. The Morgan fingerprint density at radius 2 is 1.92 bits per heavy atom. The zero-order chi connectivity index (χ0) is 19.3. The Hall–Kier alpha value is -3.08. The molecule has 2 aromatic rings. The van der Waals surface area contributed by atoms with Crippen molar-refractivity contribution in [1.82, 2.24) is 15.8 Å². The number of nitro benzene ring substituents is 1. The molecule has 3 N–H and O–H groups in total. The van der Waals surface area contributed by atoms with E-state index in [2.05, 4.69) is 31.8 Å². The molecule has 1 aromatic carbocycles. The van der Waals surface area contributed by atoms with Crippen molar-refractivity contribution in [2.45, 2.75) is 6.92 Å². The highest BCUT2D eigenvalue weighted by Gasteiger charge is 2.25. The Morgan fingerprint density at radius 1 is 1.23 bits per heavy atom. The topological polar surface area (TPSA) is 136 Å². The number of carbonyl (C=O) groups is 2. The number of hydrazine groups is 1. The number of rotatable bonds is 6. The van der Waals surface area contributed by atoms with Gasteiger partial charge < -0.3 is 14.5 Å². The molecule has 0 fully saturated rings. The SMILES string of the molecule is CCOc1cc(C(=O)NNC(=O)c2cc(Br)c[nH]2)c([N+](=O)[O-])cc1OC. The summed E-state index contributed by atoms with van der Waals surface area (Å²) in [6.07, 6.45) is 1.54. The van der Waals surface area contributed by atoms with Gasteiger partial charge in [-0.1, -0.05) is 0 Å². The molecular weight excluding hydrogens is 412 g/mol. The first-order valence-corrected chi connectivity index (χ1v) is 8.10. The molecule has 0 bridgehead atoms. The summed E-state index contributed by atoms with van der Waals surface area (Å²) in [5.41, 5.74) is 3.73. The van der Waals surface area contributed by atoms with Crippen LogP contribution in [0.4, 0.5) is 5.69 Å². The number of aromatic amines is 1. The molecule has 0 aliphatic heterocycles. The van der Waals surface area contributed by atoms with Crippen LogP contribution in [0.5, 0.6) is 11.5 Å². The fraction of sp³-hybridized carbons (Fsp3) is 0.200. The van der Waals surface area contributed by atoms with Crippen molar-refractivity contribution >= 4 is 33.4 Å². The van der Waals surface area contributed by atoms with E-state index >= 15 is 0 Å². The Balaban J connectivity index is 2.24. The average molecular weight is 427 g/mol. The van der Waals surface area contributed by atoms with E-state index < -0.39 is 22.4 Å². The summed E-state index contributed by atoms with van der Waals surface area (Å²) in [5, 5.41) is 11.3. The number of amides is 2. The number of nitro groups is 1. The number of methoxy groups -OCH3 is 1. The highest BCUT2D eigenvalue weighted by Crippen LogP contribution is 2.34. The first-order chi connectivity index (χ1) is 12.4. The number of hydrogen-bond donors (Lipinski definition) is 3. The Morgan fingerprint density at radius 3 is 2.46 bits per heavy atom. The summed E-state index contributed by atoms with van der Waals surface area (Å²) in [4.78, 5) is 37.5. The molecule has 0 spiro atoms. The molecule has 1 heterocycles. The molecule has 2 rings (SSSR count).